The van der Waals surface area contributed by atoms with Gasteiger partial charge in [-0.15, -0.1) is 0 Å². The van der Waals surface area contributed by atoms with E-state index in [2.05, 4.69) is 5.32 Å². The van der Waals surface area contributed by atoms with E-state index in [1.807, 2.05) is 0 Å². The van der Waals surface area contributed by atoms with Gasteiger partial charge in [0.15, 0.2) is 0 Å². The zero-order valence-corrected chi connectivity index (χ0v) is 8.65. The fourth-order valence-electron chi connectivity index (χ4n) is 1.78. The van der Waals surface area contributed by atoms with E-state index in [0.29, 0.717) is 12.8 Å². The molecule has 15 heavy (non-hydrogen) atoms. The summed E-state index contributed by atoms with van der Waals surface area (Å²) in [5.74, 6) is -0.977. The number of aliphatic carboxylic acids is 1. The number of carbonyl (C=O) groups excluding carboxylic acids is 1. The second-order valence-electron chi connectivity index (χ2n) is 3.74. The van der Waals surface area contributed by atoms with E-state index >= 15 is 0 Å². The Balaban J connectivity index is 2.15. The minimum absolute atomic E-state index is 0.288. The molecule has 0 bridgehead atoms. The molecule has 0 aromatic heterocycles. The largest absolute Gasteiger partial charge is 0.480 e. The fraction of sp³-hybridized carbons (Fsp3) is 0.800. The first-order chi connectivity index (χ1) is 7.24. The monoisotopic (exact) mass is 215 g/mol. The molecule has 0 saturated carbocycles. The molecule has 5 nitrogen and oxygen atoms in total. The molecule has 2 N–H and O–H groups in total. The maximum Gasteiger partial charge on any atom is 0.326 e. The van der Waals surface area contributed by atoms with Crippen molar-refractivity contribution in [2.45, 2.75) is 44.2 Å². The quantitative estimate of drug-likeness (QED) is 0.607. The molecule has 0 radical (unpaired) electrons. The van der Waals surface area contributed by atoms with Crippen molar-refractivity contribution in [3.05, 3.63) is 0 Å². The summed E-state index contributed by atoms with van der Waals surface area (Å²) in [6.07, 6.45) is 5.00. The maximum absolute atomic E-state index is 10.7. The van der Waals surface area contributed by atoms with Gasteiger partial charge in [-0.05, 0) is 32.1 Å². The Kier molecular flexibility index (Phi) is 5.10. The van der Waals surface area contributed by atoms with Crippen LogP contribution in [0.1, 0.15) is 32.1 Å². The van der Waals surface area contributed by atoms with Gasteiger partial charge < -0.3 is 15.2 Å². The van der Waals surface area contributed by atoms with Gasteiger partial charge in [0, 0.05) is 6.61 Å². The number of rotatable bonds is 7. The summed E-state index contributed by atoms with van der Waals surface area (Å²) in [6.45, 7) is 0.819. The third-order valence-corrected chi connectivity index (χ3v) is 2.61. The highest BCUT2D eigenvalue weighted by molar-refractivity contribution is 5.76. The van der Waals surface area contributed by atoms with Gasteiger partial charge in [-0.2, -0.15) is 0 Å². The van der Waals surface area contributed by atoms with Crippen LogP contribution in [0, 0.1) is 0 Å². The van der Waals surface area contributed by atoms with E-state index in [1.165, 1.54) is 0 Å². The molecule has 1 amide bonds. The minimum Gasteiger partial charge on any atom is -0.480 e. The number of hydrogen-bond donors (Lipinski definition) is 2. The molecule has 1 rings (SSSR count). The normalized spacial score (nSPS) is 22.3. The highest BCUT2D eigenvalue weighted by Crippen LogP contribution is 2.18. The SMILES string of the molecule is O=CNC(CCCC1CCCO1)C(=O)O. The third-order valence-electron chi connectivity index (χ3n) is 2.61. The van der Waals surface area contributed by atoms with E-state index in [0.717, 1.165) is 32.3 Å². The third kappa shape index (κ3) is 4.29. The summed E-state index contributed by atoms with van der Waals surface area (Å²) in [6, 6.07) is -0.760. The topological polar surface area (TPSA) is 75.6 Å². The van der Waals surface area contributed by atoms with Crippen LogP contribution < -0.4 is 5.32 Å². The van der Waals surface area contributed by atoms with Gasteiger partial charge >= 0.3 is 5.97 Å². The number of carbonyl (C=O) groups is 2. The predicted octanol–water partition coefficient (Wildman–Crippen LogP) is 0.535. The molecule has 1 heterocycles. The minimum atomic E-state index is -0.977. The van der Waals surface area contributed by atoms with Crippen LogP contribution in [0.3, 0.4) is 0 Å². The fourth-order valence-corrected chi connectivity index (χ4v) is 1.78. The molecule has 1 saturated heterocycles. The van der Waals surface area contributed by atoms with E-state index in [9.17, 15) is 9.59 Å². The maximum atomic E-state index is 10.7. The Morgan fingerprint density at radius 1 is 1.67 bits per heavy atom. The first kappa shape index (κ1) is 12.0. The Morgan fingerprint density at radius 2 is 2.47 bits per heavy atom. The Morgan fingerprint density at radius 3 is 3.00 bits per heavy atom. The summed E-state index contributed by atoms with van der Waals surface area (Å²) >= 11 is 0. The lowest BCUT2D eigenvalue weighted by Crippen LogP contribution is -2.35. The second-order valence-corrected chi connectivity index (χ2v) is 3.74. The lowest BCUT2D eigenvalue weighted by molar-refractivity contribution is -0.140. The van der Waals surface area contributed by atoms with Crippen molar-refractivity contribution in [1.29, 1.82) is 0 Å². The molecule has 1 aliphatic rings. The Hall–Kier alpha value is -1.10. The molecule has 0 aromatic rings. The molecule has 0 spiro atoms. The van der Waals surface area contributed by atoms with Crippen LogP contribution in [0.15, 0.2) is 0 Å². The number of carboxylic acid groups (broad SMARTS) is 1. The molecule has 1 fully saturated rings. The average Bonchev–Trinajstić information content (AvgIpc) is 2.69. The summed E-state index contributed by atoms with van der Waals surface area (Å²) in [4.78, 5) is 20.8. The number of amides is 1. The molecule has 1 aliphatic heterocycles. The smallest absolute Gasteiger partial charge is 0.326 e. The molecule has 5 heteroatoms. The lowest BCUT2D eigenvalue weighted by Gasteiger charge is -2.12. The zero-order valence-electron chi connectivity index (χ0n) is 8.65. The molecular formula is C10H17NO4. The number of carboxylic acids is 1. The van der Waals surface area contributed by atoms with Crippen LogP contribution in [0.25, 0.3) is 0 Å². The number of nitrogens with one attached hydrogen (secondary N) is 1. The van der Waals surface area contributed by atoms with Gasteiger partial charge in [0.2, 0.25) is 6.41 Å². The standard InChI is InChI=1S/C10H17NO4/c12-7-11-9(10(13)14)5-1-3-8-4-2-6-15-8/h7-9H,1-6H2,(H,11,12)(H,13,14). The van der Waals surface area contributed by atoms with Crippen molar-refractivity contribution in [2.24, 2.45) is 0 Å². The lowest BCUT2D eigenvalue weighted by atomic mass is 10.1. The van der Waals surface area contributed by atoms with E-state index < -0.39 is 12.0 Å². The van der Waals surface area contributed by atoms with Gasteiger partial charge in [-0.1, -0.05) is 0 Å². The first-order valence-electron chi connectivity index (χ1n) is 5.28. The van der Waals surface area contributed by atoms with Crippen molar-refractivity contribution in [3.8, 4) is 0 Å². The molecule has 2 atom stereocenters. The van der Waals surface area contributed by atoms with Crippen molar-refractivity contribution >= 4 is 12.4 Å². The molecule has 2 unspecified atom stereocenters. The van der Waals surface area contributed by atoms with Crippen LogP contribution in [-0.2, 0) is 14.3 Å². The number of ether oxygens (including phenoxy) is 1. The second kappa shape index (κ2) is 6.40. The van der Waals surface area contributed by atoms with Crippen molar-refractivity contribution < 1.29 is 19.4 Å². The molecular weight excluding hydrogens is 198 g/mol. The van der Waals surface area contributed by atoms with Crippen LogP contribution in [0.2, 0.25) is 0 Å². The Bertz CT molecular complexity index is 213. The van der Waals surface area contributed by atoms with Crippen molar-refractivity contribution in [1.82, 2.24) is 5.32 Å². The van der Waals surface area contributed by atoms with E-state index in [4.69, 9.17) is 9.84 Å². The predicted molar refractivity (Wildman–Crippen MR) is 53.4 cm³/mol. The van der Waals surface area contributed by atoms with Gasteiger partial charge in [0.05, 0.1) is 6.10 Å². The van der Waals surface area contributed by atoms with E-state index in [1.54, 1.807) is 0 Å². The van der Waals surface area contributed by atoms with Crippen molar-refractivity contribution in [2.75, 3.05) is 6.61 Å². The first-order valence-corrected chi connectivity index (χ1v) is 5.28. The summed E-state index contributed by atoms with van der Waals surface area (Å²) in [5.41, 5.74) is 0. The molecule has 86 valence electrons. The zero-order chi connectivity index (χ0) is 11.1. The summed E-state index contributed by atoms with van der Waals surface area (Å²) < 4.78 is 5.42. The highest BCUT2D eigenvalue weighted by Gasteiger charge is 2.19. The molecule has 0 aromatic carbocycles. The van der Waals surface area contributed by atoms with Crippen molar-refractivity contribution in [3.63, 3.8) is 0 Å². The summed E-state index contributed by atoms with van der Waals surface area (Å²) in [7, 11) is 0. The van der Waals surface area contributed by atoms with Gasteiger partial charge in [-0.25, -0.2) is 4.79 Å². The average molecular weight is 215 g/mol. The van der Waals surface area contributed by atoms with Gasteiger partial charge in [0.25, 0.3) is 0 Å². The summed E-state index contributed by atoms with van der Waals surface area (Å²) in [5, 5.41) is 11.0. The van der Waals surface area contributed by atoms with Crippen LogP contribution in [0.5, 0.6) is 0 Å². The van der Waals surface area contributed by atoms with E-state index in [-0.39, 0.29) is 6.10 Å². The molecule has 0 aliphatic carbocycles. The van der Waals surface area contributed by atoms with Crippen LogP contribution >= 0.6 is 0 Å². The highest BCUT2D eigenvalue weighted by atomic mass is 16.5. The van der Waals surface area contributed by atoms with Gasteiger partial charge in [-0.3, -0.25) is 4.79 Å². The van der Waals surface area contributed by atoms with Crippen LogP contribution in [-0.4, -0.2) is 36.2 Å². The Labute approximate surface area is 88.8 Å². The van der Waals surface area contributed by atoms with Crippen LogP contribution in [0.4, 0.5) is 0 Å². The van der Waals surface area contributed by atoms with Gasteiger partial charge in [0.1, 0.15) is 6.04 Å². The number of hydrogen-bond acceptors (Lipinski definition) is 3.